The molecule has 1 aliphatic rings. The summed E-state index contributed by atoms with van der Waals surface area (Å²) in [6.07, 6.45) is 0. The molecule has 0 N–H and O–H groups in total. The summed E-state index contributed by atoms with van der Waals surface area (Å²) < 4.78 is 11.2. The van der Waals surface area contributed by atoms with Crippen molar-refractivity contribution in [2.45, 2.75) is 12.6 Å². The van der Waals surface area contributed by atoms with E-state index in [1.807, 2.05) is 5.38 Å². The summed E-state index contributed by atoms with van der Waals surface area (Å²) in [5, 5.41) is 2.04. The molecule has 1 aromatic heterocycles. The highest BCUT2D eigenvalue weighted by molar-refractivity contribution is 9.10. The summed E-state index contributed by atoms with van der Waals surface area (Å²) in [5.74, 6) is -0.222. The summed E-state index contributed by atoms with van der Waals surface area (Å²) in [6, 6.07) is 1.80. The van der Waals surface area contributed by atoms with E-state index in [-0.39, 0.29) is 12.0 Å². The largest absolute Gasteiger partial charge is 0.468 e. The van der Waals surface area contributed by atoms with Crippen molar-refractivity contribution in [1.29, 1.82) is 0 Å². The number of ether oxygens (including phenoxy) is 2. The van der Waals surface area contributed by atoms with Gasteiger partial charge in [0, 0.05) is 27.8 Å². The fourth-order valence-electron chi connectivity index (χ4n) is 1.82. The first-order chi connectivity index (χ1) is 8.20. The third-order valence-electron chi connectivity index (χ3n) is 2.69. The zero-order valence-corrected chi connectivity index (χ0v) is 11.9. The van der Waals surface area contributed by atoms with Gasteiger partial charge in [-0.1, -0.05) is 0 Å². The van der Waals surface area contributed by atoms with Crippen molar-refractivity contribution in [3.8, 4) is 0 Å². The van der Waals surface area contributed by atoms with Crippen LogP contribution in [0, 0.1) is 0 Å². The molecule has 0 saturated carbocycles. The van der Waals surface area contributed by atoms with Crippen molar-refractivity contribution in [3.63, 3.8) is 0 Å². The smallest absolute Gasteiger partial charge is 0.325 e. The molecule has 6 heteroatoms. The van der Waals surface area contributed by atoms with Crippen LogP contribution in [0.5, 0.6) is 0 Å². The second-order valence-corrected chi connectivity index (χ2v) is 5.73. The van der Waals surface area contributed by atoms with Crippen molar-refractivity contribution in [2.24, 2.45) is 0 Å². The molecule has 0 amide bonds. The number of nitrogens with zero attached hydrogens (tertiary/aromatic N) is 1. The summed E-state index contributed by atoms with van der Waals surface area (Å²) >= 11 is 5.11. The van der Waals surface area contributed by atoms with E-state index in [2.05, 4.69) is 26.9 Å². The predicted molar refractivity (Wildman–Crippen MR) is 69.1 cm³/mol. The molecule has 1 unspecified atom stereocenters. The number of halogens is 1. The summed E-state index contributed by atoms with van der Waals surface area (Å²) in [5.41, 5.74) is 0. The van der Waals surface area contributed by atoms with Crippen molar-refractivity contribution in [2.75, 3.05) is 26.9 Å². The molecule has 0 aliphatic carbocycles. The molecule has 1 saturated heterocycles. The third kappa shape index (κ3) is 3.28. The summed E-state index contributed by atoms with van der Waals surface area (Å²) in [6.45, 7) is 2.61. The van der Waals surface area contributed by atoms with Crippen molar-refractivity contribution >= 4 is 33.2 Å². The van der Waals surface area contributed by atoms with Gasteiger partial charge in [0.25, 0.3) is 0 Å². The monoisotopic (exact) mass is 319 g/mol. The first-order valence-corrected chi connectivity index (χ1v) is 7.00. The van der Waals surface area contributed by atoms with Crippen LogP contribution in [-0.2, 0) is 20.8 Å². The molecule has 1 atom stereocenters. The molecule has 0 spiro atoms. The quantitative estimate of drug-likeness (QED) is 0.797. The lowest BCUT2D eigenvalue weighted by Crippen LogP contribution is -2.49. The number of morpholine rings is 1. The van der Waals surface area contributed by atoms with Crippen LogP contribution in [0.25, 0.3) is 0 Å². The number of carbonyl (C=O) groups excluding carboxylic acids is 1. The molecule has 17 heavy (non-hydrogen) atoms. The van der Waals surface area contributed by atoms with Crippen LogP contribution in [0.2, 0.25) is 0 Å². The van der Waals surface area contributed by atoms with Crippen LogP contribution in [-0.4, -0.2) is 43.8 Å². The lowest BCUT2D eigenvalue weighted by atomic mass is 10.2. The minimum Gasteiger partial charge on any atom is -0.468 e. The fourth-order valence-corrected chi connectivity index (χ4v) is 3.29. The zero-order chi connectivity index (χ0) is 12.3. The number of hydrogen-bond acceptors (Lipinski definition) is 5. The highest BCUT2D eigenvalue weighted by Crippen LogP contribution is 2.22. The highest BCUT2D eigenvalue weighted by Gasteiger charge is 2.30. The zero-order valence-electron chi connectivity index (χ0n) is 9.52. The topological polar surface area (TPSA) is 38.8 Å². The Bertz CT molecular complexity index is 396. The van der Waals surface area contributed by atoms with Gasteiger partial charge in [0.2, 0.25) is 0 Å². The molecule has 94 valence electrons. The number of esters is 1. The Labute approximate surface area is 113 Å². The predicted octanol–water partition coefficient (Wildman–Crippen LogP) is 1.88. The molecule has 1 fully saturated rings. The number of methoxy groups -OCH3 is 1. The maximum atomic E-state index is 11.6. The average Bonchev–Trinajstić information content (AvgIpc) is 2.74. The van der Waals surface area contributed by atoms with Gasteiger partial charge < -0.3 is 9.47 Å². The van der Waals surface area contributed by atoms with E-state index < -0.39 is 0 Å². The lowest BCUT2D eigenvalue weighted by molar-refractivity contribution is -0.153. The molecular formula is C11H14BrNO3S. The first kappa shape index (κ1) is 13.0. The van der Waals surface area contributed by atoms with E-state index in [1.165, 1.54) is 12.0 Å². The number of thiophene rings is 1. The van der Waals surface area contributed by atoms with Crippen molar-refractivity contribution in [1.82, 2.24) is 4.90 Å². The molecule has 0 aromatic carbocycles. The average molecular weight is 320 g/mol. The summed E-state index contributed by atoms with van der Waals surface area (Å²) in [4.78, 5) is 15.0. The lowest BCUT2D eigenvalue weighted by Gasteiger charge is -2.33. The third-order valence-corrected chi connectivity index (χ3v) is 4.38. The minimum absolute atomic E-state index is 0.222. The normalized spacial score (nSPS) is 21.4. The van der Waals surface area contributed by atoms with Gasteiger partial charge in [-0.25, -0.2) is 0 Å². The van der Waals surface area contributed by atoms with Gasteiger partial charge >= 0.3 is 5.97 Å². The summed E-state index contributed by atoms with van der Waals surface area (Å²) in [7, 11) is 1.41. The van der Waals surface area contributed by atoms with Gasteiger partial charge in [-0.2, -0.15) is 0 Å². The maximum Gasteiger partial charge on any atom is 0.325 e. The van der Waals surface area contributed by atoms with Gasteiger partial charge in [0.1, 0.15) is 6.04 Å². The number of hydrogen-bond donors (Lipinski definition) is 0. The van der Waals surface area contributed by atoms with E-state index in [0.29, 0.717) is 13.2 Å². The van der Waals surface area contributed by atoms with E-state index in [9.17, 15) is 4.79 Å². The molecule has 2 rings (SSSR count). The fraction of sp³-hybridized carbons (Fsp3) is 0.545. The standard InChI is InChI=1S/C11H14BrNO3S/c1-15-11(14)10-6-16-3-2-13(10)5-9-4-8(12)7-17-9/h4,7,10H,2-3,5-6H2,1H3. The molecule has 2 heterocycles. The van der Waals surface area contributed by atoms with Gasteiger partial charge in [-0.15, -0.1) is 11.3 Å². The number of carbonyl (C=O) groups is 1. The first-order valence-electron chi connectivity index (χ1n) is 5.33. The SMILES string of the molecule is COC(=O)C1COCCN1Cc1cc(Br)cs1. The van der Waals surface area contributed by atoms with E-state index >= 15 is 0 Å². The van der Waals surface area contributed by atoms with Crippen LogP contribution in [0.15, 0.2) is 15.9 Å². The molecule has 1 aromatic rings. The van der Waals surface area contributed by atoms with Crippen molar-refractivity contribution in [3.05, 3.63) is 20.8 Å². The van der Waals surface area contributed by atoms with E-state index in [4.69, 9.17) is 9.47 Å². The Kier molecular flexibility index (Phi) is 4.55. The second kappa shape index (κ2) is 5.95. The van der Waals surface area contributed by atoms with Crippen LogP contribution in [0.4, 0.5) is 0 Å². The number of rotatable bonds is 3. The van der Waals surface area contributed by atoms with Gasteiger partial charge in [0.15, 0.2) is 0 Å². The molecule has 1 aliphatic heterocycles. The van der Waals surface area contributed by atoms with E-state index in [1.54, 1.807) is 11.3 Å². The van der Waals surface area contributed by atoms with Crippen LogP contribution in [0.3, 0.4) is 0 Å². The van der Waals surface area contributed by atoms with E-state index in [0.717, 1.165) is 17.6 Å². The molecule has 0 bridgehead atoms. The Hall–Kier alpha value is -0.430. The minimum atomic E-state index is -0.283. The van der Waals surface area contributed by atoms with Crippen LogP contribution < -0.4 is 0 Å². The second-order valence-electron chi connectivity index (χ2n) is 3.82. The van der Waals surface area contributed by atoms with Crippen LogP contribution >= 0.6 is 27.3 Å². The van der Waals surface area contributed by atoms with Crippen molar-refractivity contribution < 1.29 is 14.3 Å². The molecular weight excluding hydrogens is 306 g/mol. The Morgan fingerprint density at radius 1 is 1.76 bits per heavy atom. The Balaban J connectivity index is 2.03. The Morgan fingerprint density at radius 3 is 3.24 bits per heavy atom. The van der Waals surface area contributed by atoms with Gasteiger partial charge in [-0.3, -0.25) is 9.69 Å². The van der Waals surface area contributed by atoms with Gasteiger partial charge in [0.05, 0.1) is 20.3 Å². The maximum absolute atomic E-state index is 11.6. The molecule has 4 nitrogen and oxygen atoms in total. The Morgan fingerprint density at radius 2 is 2.59 bits per heavy atom. The highest BCUT2D eigenvalue weighted by atomic mass is 79.9. The van der Waals surface area contributed by atoms with Crippen LogP contribution in [0.1, 0.15) is 4.88 Å². The van der Waals surface area contributed by atoms with Gasteiger partial charge in [-0.05, 0) is 22.0 Å². The molecule has 0 radical (unpaired) electrons.